The van der Waals surface area contributed by atoms with Crippen LogP contribution in [0.3, 0.4) is 0 Å². The maximum atomic E-state index is 13.0. The highest BCUT2D eigenvalue weighted by Crippen LogP contribution is 2.18. The van der Waals surface area contributed by atoms with E-state index in [2.05, 4.69) is 10.6 Å². The third kappa shape index (κ3) is 5.26. The summed E-state index contributed by atoms with van der Waals surface area (Å²) in [6.07, 6.45) is 0. The molecule has 0 aliphatic rings. The van der Waals surface area contributed by atoms with Crippen LogP contribution in [0, 0.1) is 12.7 Å². The molecule has 0 bridgehead atoms. The molecule has 0 radical (unpaired) electrons. The van der Waals surface area contributed by atoms with Crippen molar-refractivity contribution >= 4 is 29.0 Å². The van der Waals surface area contributed by atoms with E-state index in [1.807, 2.05) is 13.8 Å². The molecule has 0 aromatic heterocycles. The van der Waals surface area contributed by atoms with E-state index in [1.54, 1.807) is 37.3 Å². The molecule has 1 atom stereocenters. The minimum atomic E-state index is -0.345. The minimum absolute atomic E-state index is 0.0697. The van der Waals surface area contributed by atoms with Gasteiger partial charge in [-0.2, -0.15) is 0 Å². The number of thiocarbonyl (C=S) groups is 1. The highest BCUT2D eigenvalue weighted by Gasteiger charge is 2.11. The van der Waals surface area contributed by atoms with E-state index in [0.717, 1.165) is 16.8 Å². The summed E-state index contributed by atoms with van der Waals surface area (Å²) in [5.41, 5.74) is 3.12. The molecule has 2 aromatic rings. The van der Waals surface area contributed by atoms with Crippen molar-refractivity contribution in [3.63, 3.8) is 0 Å². The van der Waals surface area contributed by atoms with Crippen LogP contribution in [0.1, 0.15) is 41.4 Å². The number of carbonyl (C=O) groups is 1. The lowest BCUT2D eigenvalue weighted by atomic mass is 10.1. The first-order chi connectivity index (χ1) is 11.9. The van der Waals surface area contributed by atoms with Crippen molar-refractivity contribution in [1.82, 2.24) is 5.32 Å². The predicted molar refractivity (Wildman–Crippen MR) is 101 cm³/mol. The van der Waals surface area contributed by atoms with Gasteiger partial charge < -0.3 is 15.4 Å². The summed E-state index contributed by atoms with van der Waals surface area (Å²) in [7, 11) is 0. The molecule has 132 valence electrons. The third-order valence-electron chi connectivity index (χ3n) is 3.70. The zero-order valence-electron chi connectivity index (χ0n) is 14.4. The van der Waals surface area contributed by atoms with Gasteiger partial charge in [-0.05, 0) is 74.4 Å². The van der Waals surface area contributed by atoms with Crippen LogP contribution in [-0.4, -0.2) is 17.7 Å². The zero-order valence-corrected chi connectivity index (χ0v) is 15.2. The van der Waals surface area contributed by atoms with E-state index in [-0.39, 0.29) is 17.8 Å². The topological polar surface area (TPSA) is 50.4 Å². The number of carbonyl (C=O) groups excluding carboxylic acids is 1. The molecule has 0 fully saturated rings. The molecular formula is C19H21FN2O2S. The Balaban J connectivity index is 2.00. The number of anilines is 1. The Labute approximate surface area is 152 Å². The molecule has 0 aliphatic heterocycles. The number of ether oxygens (including phenoxy) is 1. The third-order valence-corrected chi connectivity index (χ3v) is 3.92. The lowest BCUT2D eigenvalue weighted by Crippen LogP contribution is -2.31. The number of esters is 1. The number of hydrogen-bond acceptors (Lipinski definition) is 3. The van der Waals surface area contributed by atoms with Crippen LogP contribution in [-0.2, 0) is 4.74 Å². The number of nitrogens with one attached hydrogen (secondary N) is 2. The average Bonchev–Trinajstić information content (AvgIpc) is 2.57. The second-order valence-corrected chi connectivity index (χ2v) is 6.03. The maximum absolute atomic E-state index is 13.0. The molecule has 6 heteroatoms. The van der Waals surface area contributed by atoms with Gasteiger partial charge in [-0.25, -0.2) is 9.18 Å². The van der Waals surface area contributed by atoms with Gasteiger partial charge in [-0.1, -0.05) is 12.1 Å². The van der Waals surface area contributed by atoms with Crippen molar-refractivity contribution in [1.29, 1.82) is 0 Å². The minimum Gasteiger partial charge on any atom is -0.462 e. The highest BCUT2D eigenvalue weighted by atomic mass is 32.1. The summed E-state index contributed by atoms with van der Waals surface area (Å²) in [4.78, 5) is 11.7. The van der Waals surface area contributed by atoms with Crippen molar-refractivity contribution in [3.8, 4) is 0 Å². The number of benzene rings is 2. The molecule has 0 saturated heterocycles. The van der Waals surface area contributed by atoms with E-state index in [1.165, 1.54) is 12.1 Å². The smallest absolute Gasteiger partial charge is 0.338 e. The Morgan fingerprint density at radius 3 is 2.52 bits per heavy atom. The van der Waals surface area contributed by atoms with Gasteiger partial charge in [-0.3, -0.25) is 0 Å². The fraction of sp³-hybridized carbons (Fsp3) is 0.263. The monoisotopic (exact) mass is 360 g/mol. The van der Waals surface area contributed by atoms with Crippen LogP contribution >= 0.6 is 12.2 Å². The van der Waals surface area contributed by atoms with Crippen LogP contribution in [0.15, 0.2) is 42.5 Å². The summed E-state index contributed by atoms with van der Waals surface area (Å²) in [6, 6.07) is 11.4. The van der Waals surface area contributed by atoms with Gasteiger partial charge in [0.1, 0.15) is 5.82 Å². The fourth-order valence-electron chi connectivity index (χ4n) is 2.34. The van der Waals surface area contributed by atoms with Crippen molar-refractivity contribution in [2.24, 2.45) is 0 Å². The predicted octanol–water partition coefficient (Wildman–Crippen LogP) is 4.36. The number of halogens is 1. The second-order valence-electron chi connectivity index (χ2n) is 5.62. The first-order valence-corrected chi connectivity index (χ1v) is 8.42. The summed E-state index contributed by atoms with van der Waals surface area (Å²) < 4.78 is 18.0. The van der Waals surface area contributed by atoms with Crippen LogP contribution in [0.5, 0.6) is 0 Å². The normalized spacial score (nSPS) is 11.5. The van der Waals surface area contributed by atoms with Crippen molar-refractivity contribution < 1.29 is 13.9 Å². The van der Waals surface area contributed by atoms with Crippen molar-refractivity contribution in [3.05, 3.63) is 65.0 Å². The van der Waals surface area contributed by atoms with Gasteiger partial charge in [0.2, 0.25) is 0 Å². The van der Waals surface area contributed by atoms with Gasteiger partial charge >= 0.3 is 5.97 Å². The Bertz CT molecular complexity index is 763. The van der Waals surface area contributed by atoms with Crippen LogP contribution in [0.4, 0.5) is 10.1 Å². The largest absolute Gasteiger partial charge is 0.462 e. The van der Waals surface area contributed by atoms with Crippen LogP contribution in [0.25, 0.3) is 0 Å². The Morgan fingerprint density at radius 2 is 1.92 bits per heavy atom. The summed E-state index contributed by atoms with van der Waals surface area (Å²) >= 11 is 5.34. The van der Waals surface area contributed by atoms with E-state index in [9.17, 15) is 9.18 Å². The van der Waals surface area contributed by atoms with Gasteiger partial charge in [0, 0.05) is 5.69 Å². The molecular weight excluding hydrogens is 339 g/mol. The van der Waals surface area contributed by atoms with Crippen LogP contribution < -0.4 is 10.6 Å². The van der Waals surface area contributed by atoms with Gasteiger partial charge in [-0.15, -0.1) is 0 Å². The number of rotatable bonds is 5. The molecule has 4 nitrogen and oxygen atoms in total. The van der Waals surface area contributed by atoms with E-state index in [0.29, 0.717) is 17.3 Å². The molecule has 0 aliphatic carbocycles. The molecule has 0 spiro atoms. The fourth-order valence-corrected chi connectivity index (χ4v) is 2.62. The standard InChI is InChI=1S/C19H21FN2O2S/c1-4-24-18(23)15-7-10-17(12(2)11-15)22-19(25)21-13(3)14-5-8-16(20)9-6-14/h5-11,13H,4H2,1-3H3,(H2,21,22,25). The Hall–Kier alpha value is -2.47. The molecule has 25 heavy (non-hydrogen) atoms. The van der Waals surface area contributed by atoms with E-state index in [4.69, 9.17) is 17.0 Å². The number of aryl methyl sites for hydroxylation is 1. The zero-order chi connectivity index (χ0) is 18.4. The lowest BCUT2D eigenvalue weighted by Gasteiger charge is -2.18. The molecule has 0 heterocycles. The molecule has 0 saturated carbocycles. The maximum Gasteiger partial charge on any atom is 0.338 e. The SMILES string of the molecule is CCOC(=O)c1ccc(NC(=S)NC(C)c2ccc(F)cc2)c(C)c1. The molecule has 0 amide bonds. The second kappa shape index (κ2) is 8.58. The van der Waals surface area contributed by atoms with Gasteiger partial charge in [0.05, 0.1) is 18.2 Å². The quantitative estimate of drug-likeness (QED) is 0.613. The first-order valence-electron chi connectivity index (χ1n) is 8.01. The van der Waals surface area contributed by atoms with E-state index < -0.39 is 0 Å². The molecule has 2 aromatic carbocycles. The highest BCUT2D eigenvalue weighted by molar-refractivity contribution is 7.80. The Kier molecular flexibility index (Phi) is 6.47. The average molecular weight is 360 g/mol. The Morgan fingerprint density at radius 1 is 1.24 bits per heavy atom. The lowest BCUT2D eigenvalue weighted by molar-refractivity contribution is 0.0526. The van der Waals surface area contributed by atoms with E-state index >= 15 is 0 Å². The van der Waals surface area contributed by atoms with Crippen molar-refractivity contribution in [2.45, 2.75) is 26.8 Å². The summed E-state index contributed by atoms with van der Waals surface area (Å²) in [6.45, 7) is 5.94. The van der Waals surface area contributed by atoms with Gasteiger partial charge in [0.15, 0.2) is 5.11 Å². The first kappa shape index (κ1) is 18.9. The molecule has 2 N–H and O–H groups in total. The summed E-state index contributed by atoms with van der Waals surface area (Å²) in [5, 5.41) is 6.72. The molecule has 2 rings (SSSR count). The van der Waals surface area contributed by atoms with Gasteiger partial charge in [0.25, 0.3) is 0 Å². The number of hydrogen-bond donors (Lipinski definition) is 2. The summed E-state index contributed by atoms with van der Waals surface area (Å²) in [5.74, 6) is -0.614. The van der Waals surface area contributed by atoms with Crippen LogP contribution in [0.2, 0.25) is 0 Å². The van der Waals surface area contributed by atoms with Crippen molar-refractivity contribution in [2.75, 3.05) is 11.9 Å². The molecule has 1 unspecified atom stereocenters.